The van der Waals surface area contributed by atoms with Crippen LogP contribution >= 0.6 is 0 Å². The molecule has 0 aromatic carbocycles. The number of morpholine rings is 1. The quantitative estimate of drug-likeness (QED) is 0.753. The number of likely N-dealkylation sites (N-methyl/N-ethyl adjacent to an activating group) is 1. The Labute approximate surface area is 122 Å². The molecule has 2 aliphatic heterocycles. The molecule has 5 nitrogen and oxygen atoms in total. The number of ether oxygens (including phenoxy) is 1. The second kappa shape index (κ2) is 6.41. The molecule has 5 heteroatoms. The van der Waals surface area contributed by atoms with Gasteiger partial charge in [-0.25, -0.2) is 0 Å². The van der Waals surface area contributed by atoms with Gasteiger partial charge in [-0.05, 0) is 39.8 Å². The van der Waals surface area contributed by atoms with E-state index < -0.39 is 0 Å². The third kappa shape index (κ3) is 3.51. The minimum absolute atomic E-state index is 0.188. The van der Waals surface area contributed by atoms with Crippen LogP contribution in [0.2, 0.25) is 0 Å². The summed E-state index contributed by atoms with van der Waals surface area (Å²) in [5, 5.41) is 0. The number of carbonyl (C=O) groups is 1. The number of rotatable bonds is 4. The molecule has 1 atom stereocenters. The molecule has 0 unspecified atom stereocenters. The third-order valence-electron chi connectivity index (χ3n) is 5.18. The molecular formula is C15H29N3O2. The van der Waals surface area contributed by atoms with Gasteiger partial charge in [-0.2, -0.15) is 0 Å². The number of amides is 1. The molecule has 2 fully saturated rings. The van der Waals surface area contributed by atoms with Crippen molar-refractivity contribution in [2.45, 2.75) is 25.8 Å². The Kier molecular flexibility index (Phi) is 5.04. The van der Waals surface area contributed by atoms with Crippen LogP contribution < -0.4 is 0 Å². The van der Waals surface area contributed by atoms with E-state index in [0.717, 1.165) is 39.4 Å². The molecule has 0 aromatic rings. The number of likely N-dealkylation sites (tertiary alicyclic amines) is 1. The normalized spacial score (nSPS) is 27.7. The van der Waals surface area contributed by atoms with Gasteiger partial charge in [0.2, 0.25) is 5.91 Å². The summed E-state index contributed by atoms with van der Waals surface area (Å²) in [7, 11) is 4.12. The van der Waals surface area contributed by atoms with Crippen LogP contribution in [0.15, 0.2) is 0 Å². The maximum Gasteiger partial charge on any atom is 0.236 e. The van der Waals surface area contributed by atoms with Crippen LogP contribution in [-0.2, 0) is 9.53 Å². The molecule has 0 N–H and O–H groups in total. The molecule has 2 saturated heterocycles. The monoisotopic (exact) mass is 283 g/mol. The zero-order valence-corrected chi connectivity index (χ0v) is 13.4. The molecular weight excluding hydrogens is 254 g/mol. The van der Waals surface area contributed by atoms with E-state index in [1.165, 1.54) is 6.42 Å². The molecule has 0 aliphatic carbocycles. The average molecular weight is 283 g/mol. The predicted molar refractivity (Wildman–Crippen MR) is 79.7 cm³/mol. The first-order valence-corrected chi connectivity index (χ1v) is 7.66. The van der Waals surface area contributed by atoms with Crippen molar-refractivity contribution < 1.29 is 9.53 Å². The Morgan fingerprint density at radius 2 is 1.95 bits per heavy atom. The summed E-state index contributed by atoms with van der Waals surface area (Å²) >= 11 is 0. The Morgan fingerprint density at radius 3 is 2.50 bits per heavy atom. The fraction of sp³-hybridized carbons (Fsp3) is 0.933. The highest BCUT2D eigenvalue weighted by molar-refractivity contribution is 5.78. The number of hydrogen-bond donors (Lipinski definition) is 0. The fourth-order valence-corrected chi connectivity index (χ4v) is 3.12. The highest BCUT2D eigenvalue weighted by Gasteiger charge is 2.39. The summed E-state index contributed by atoms with van der Waals surface area (Å²) < 4.78 is 5.32. The molecule has 2 aliphatic rings. The van der Waals surface area contributed by atoms with Crippen molar-refractivity contribution in [2.75, 3.05) is 60.0 Å². The second-order valence-electron chi connectivity index (χ2n) is 6.72. The van der Waals surface area contributed by atoms with Crippen LogP contribution in [0.25, 0.3) is 0 Å². The molecule has 0 aromatic heterocycles. The smallest absolute Gasteiger partial charge is 0.236 e. The van der Waals surface area contributed by atoms with Crippen molar-refractivity contribution in [1.82, 2.24) is 14.7 Å². The van der Waals surface area contributed by atoms with Crippen molar-refractivity contribution in [2.24, 2.45) is 5.92 Å². The Hall–Kier alpha value is -0.650. The predicted octanol–water partition coefficient (Wildman–Crippen LogP) is 0.507. The lowest BCUT2D eigenvalue weighted by atomic mass is 9.88. The first-order valence-electron chi connectivity index (χ1n) is 7.66. The SMILES string of the molecule is CN(C[C@@H]1CCN(C)C1(C)C)C(=O)CN1CCOCC1. The summed E-state index contributed by atoms with van der Waals surface area (Å²) in [5.74, 6) is 0.795. The zero-order chi connectivity index (χ0) is 14.8. The highest BCUT2D eigenvalue weighted by atomic mass is 16.5. The summed E-state index contributed by atoms with van der Waals surface area (Å²) in [6.07, 6.45) is 1.18. The number of hydrogen-bond acceptors (Lipinski definition) is 4. The van der Waals surface area contributed by atoms with Gasteiger partial charge < -0.3 is 14.5 Å². The zero-order valence-electron chi connectivity index (χ0n) is 13.4. The van der Waals surface area contributed by atoms with E-state index in [9.17, 15) is 4.79 Å². The Morgan fingerprint density at radius 1 is 1.30 bits per heavy atom. The number of carbonyl (C=O) groups excluding carboxylic acids is 1. The summed E-state index contributed by atoms with van der Waals surface area (Å²) in [4.78, 5) is 18.8. The fourth-order valence-electron chi connectivity index (χ4n) is 3.12. The minimum atomic E-state index is 0.188. The van der Waals surface area contributed by atoms with Gasteiger partial charge in [0, 0.05) is 32.2 Å². The first kappa shape index (κ1) is 15.7. The van der Waals surface area contributed by atoms with Crippen molar-refractivity contribution in [1.29, 1.82) is 0 Å². The van der Waals surface area contributed by atoms with Gasteiger partial charge >= 0.3 is 0 Å². The van der Waals surface area contributed by atoms with E-state index in [1.54, 1.807) is 0 Å². The van der Waals surface area contributed by atoms with Gasteiger partial charge in [0.05, 0.1) is 19.8 Å². The van der Waals surface area contributed by atoms with E-state index in [-0.39, 0.29) is 11.4 Å². The molecule has 1 amide bonds. The lowest BCUT2D eigenvalue weighted by Gasteiger charge is -2.36. The average Bonchev–Trinajstić information content (AvgIpc) is 2.66. The molecule has 20 heavy (non-hydrogen) atoms. The first-order chi connectivity index (χ1) is 9.41. The minimum Gasteiger partial charge on any atom is -0.379 e. The van der Waals surface area contributed by atoms with Crippen LogP contribution in [0.3, 0.4) is 0 Å². The molecule has 0 spiro atoms. The molecule has 0 saturated carbocycles. The van der Waals surface area contributed by atoms with Crippen molar-refractivity contribution in [3.63, 3.8) is 0 Å². The summed E-state index contributed by atoms with van der Waals surface area (Å²) in [5.41, 5.74) is 0.188. The standard InChI is InChI=1S/C15H29N3O2/c1-15(2)13(5-6-17(15)4)11-16(3)14(19)12-18-7-9-20-10-8-18/h13H,5-12H2,1-4H3/t13-/m0/s1. The molecule has 0 radical (unpaired) electrons. The van der Waals surface area contributed by atoms with E-state index in [0.29, 0.717) is 12.5 Å². The van der Waals surface area contributed by atoms with E-state index in [1.807, 2.05) is 11.9 Å². The molecule has 2 heterocycles. The Balaban J connectivity index is 1.81. The lowest BCUT2D eigenvalue weighted by molar-refractivity contribution is -0.133. The van der Waals surface area contributed by atoms with Crippen LogP contribution in [0.5, 0.6) is 0 Å². The van der Waals surface area contributed by atoms with Crippen molar-refractivity contribution in [3.05, 3.63) is 0 Å². The molecule has 116 valence electrons. The second-order valence-corrected chi connectivity index (χ2v) is 6.72. The van der Waals surface area contributed by atoms with Crippen molar-refractivity contribution in [3.8, 4) is 0 Å². The molecule has 0 bridgehead atoms. The number of nitrogens with zero attached hydrogens (tertiary/aromatic N) is 3. The summed E-state index contributed by atoms with van der Waals surface area (Å²) in [6.45, 7) is 10.3. The maximum atomic E-state index is 12.3. The Bertz CT molecular complexity index is 340. The third-order valence-corrected chi connectivity index (χ3v) is 5.18. The van der Waals surface area contributed by atoms with Crippen LogP contribution in [0, 0.1) is 5.92 Å². The van der Waals surface area contributed by atoms with Crippen LogP contribution in [-0.4, -0.2) is 86.2 Å². The lowest BCUT2D eigenvalue weighted by Crippen LogP contribution is -2.48. The van der Waals surface area contributed by atoms with Gasteiger partial charge in [-0.1, -0.05) is 0 Å². The highest BCUT2D eigenvalue weighted by Crippen LogP contribution is 2.33. The van der Waals surface area contributed by atoms with Gasteiger partial charge in [0.15, 0.2) is 0 Å². The molecule has 2 rings (SSSR count). The van der Waals surface area contributed by atoms with Gasteiger partial charge in [-0.15, -0.1) is 0 Å². The van der Waals surface area contributed by atoms with E-state index >= 15 is 0 Å². The van der Waals surface area contributed by atoms with E-state index in [4.69, 9.17) is 4.74 Å². The van der Waals surface area contributed by atoms with Crippen molar-refractivity contribution >= 4 is 5.91 Å². The van der Waals surface area contributed by atoms with Gasteiger partial charge in [0.1, 0.15) is 0 Å². The largest absolute Gasteiger partial charge is 0.379 e. The van der Waals surface area contributed by atoms with Crippen LogP contribution in [0.4, 0.5) is 0 Å². The maximum absolute atomic E-state index is 12.3. The van der Waals surface area contributed by atoms with E-state index in [2.05, 4.69) is 30.7 Å². The summed E-state index contributed by atoms with van der Waals surface area (Å²) in [6, 6.07) is 0. The van der Waals surface area contributed by atoms with Crippen LogP contribution in [0.1, 0.15) is 20.3 Å². The topological polar surface area (TPSA) is 36.0 Å². The van der Waals surface area contributed by atoms with Gasteiger partial charge in [-0.3, -0.25) is 9.69 Å². The van der Waals surface area contributed by atoms with Gasteiger partial charge in [0.25, 0.3) is 0 Å².